The predicted molar refractivity (Wildman–Crippen MR) is 113 cm³/mol. The lowest BCUT2D eigenvalue weighted by molar-refractivity contribution is -0.147. The molecule has 1 aromatic heterocycles. The molecule has 0 atom stereocenters. The van der Waals surface area contributed by atoms with Crippen LogP contribution in [0.1, 0.15) is 13.8 Å². The lowest BCUT2D eigenvalue weighted by Crippen LogP contribution is -2.20. The number of methoxy groups -OCH3 is 1. The van der Waals surface area contributed by atoms with Crippen LogP contribution in [-0.2, 0) is 9.53 Å². The lowest BCUT2D eigenvalue weighted by atomic mass is 10.1. The Kier molecular flexibility index (Phi) is 6.59. The Labute approximate surface area is 176 Å². The minimum Gasteiger partial charge on any atom is -0.496 e. The third-order valence-corrected chi connectivity index (χ3v) is 4.70. The van der Waals surface area contributed by atoms with E-state index in [1.54, 1.807) is 49.6 Å². The zero-order valence-corrected chi connectivity index (χ0v) is 17.9. The van der Waals surface area contributed by atoms with Crippen molar-refractivity contribution in [1.82, 2.24) is 0 Å². The van der Waals surface area contributed by atoms with Crippen molar-refractivity contribution in [2.24, 2.45) is 5.92 Å². The summed E-state index contributed by atoms with van der Waals surface area (Å²) < 4.78 is 22.6. The van der Waals surface area contributed by atoms with Crippen molar-refractivity contribution in [1.29, 1.82) is 0 Å². The molecule has 0 radical (unpaired) electrons. The van der Waals surface area contributed by atoms with Crippen molar-refractivity contribution in [2.45, 2.75) is 13.8 Å². The second-order valence-corrected chi connectivity index (χ2v) is 7.65. The smallest absolute Gasteiger partial charge is 0.344 e. The van der Waals surface area contributed by atoms with Gasteiger partial charge in [-0.15, -0.1) is 0 Å². The number of rotatable bonds is 7. The number of halogens is 1. The molecule has 0 bridgehead atoms. The van der Waals surface area contributed by atoms with Crippen LogP contribution in [0.2, 0.25) is 0 Å². The summed E-state index contributed by atoms with van der Waals surface area (Å²) in [6, 6.07) is 12.1. The van der Waals surface area contributed by atoms with Gasteiger partial charge in [-0.3, -0.25) is 4.79 Å². The van der Waals surface area contributed by atoms with Gasteiger partial charge in [-0.25, -0.2) is 4.79 Å². The van der Waals surface area contributed by atoms with Crippen LogP contribution < -0.4 is 14.9 Å². The van der Waals surface area contributed by atoms with Crippen molar-refractivity contribution in [3.63, 3.8) is 0 Å². The number of fused-ring (bicyclic) bond motifs is 1. The summed E-state index contributed by atoms with van der Waals surface area (Å²) in [7, 11) is 1.56. The molecule has 0 saturated carbocycles. The highest BCUT2D eigenvalue weighted by Crippen LogP contribution is 2.35. The maximum absolute atomic E-state index is 13.0. The van der Waals surface area contributed by atoms with Gasteiger partial charge in [0, 0.05) is 5.56 Å². The third-order valence-electron chi connectivity index (χ3n) is 4.08. The summed E-state index contributed by atoms with van der Waals surface area (Å²) >= 11 is 3.43. The van der Waals surface area contributed by atoms with Crippen LogP contribution in [0.5, 0.6) is 11.5 Å². The molecule has 2 aromatic carbocycles. The highest BCUT2D eigenvalue weighted by atomic mass is 79.9. The molecule has 0 aliphatic rings. The van der Waals surface area contributed by atoms with Crippen LogP contribution >= 0.6 is 15.9 Å². The Morgan fingerprint density at radius 2 is 1.93 bits per heavy atom. The maximum atomic E-state index is 13.0. The Bertz CT molecular complexity index is 1090. The fourth-order valence-electron chi connectivity index (χ4n) is 2.69. The quantitative estimate of drug-likeness (QED) is 0.471. The van der Waals surface area contributed by atoms with Crippen molar-refractivity contribution in [3.05, 3.63) is 57.2 Å². The minimum atomic E-state index is -0.548. The Morgan fingerprint density at radius 3 is 2.62 bits per heavy atom. The van der Waals surface area contributed by atoms with Gasteiger partial charge in [0.05, 0.1) is 23.6 Å². The van der Waals surface area contributed by atoms with E-state index in [9.17, 15) is 9.59 Å². The fraction of sp³-hybridized carbons (Fsp3) is 0.273. The number of carbonyl (C=O) groups is 1. The van der Waals surface area contributed by atoms with Gasteiger partial charge in [0.1, 0.15) is 11.3 Å². The zero-order valence-electron chi connectivity index (χ0n) is 16.4. The molecule has 152 valence electrons. The molecule has 3 rings (SSSR count). The first-order valence-electron chi connectivity index (χ1n) is 9.09. The number of benzene rings is 2. The molecule has 0 spiro atoms. The van der Waals surface area contributed by atoms with E-state index in [2.05, 4.69) is 15.9 Å². The van der Waals surface area contributed by atoms with E-state index in [1.165, 1.54) is 0 Å². The lowest BCUT2D eigenvalue weighted by Gasteiger charge is -2.13. The van der Waals surface area contributed by atoms with Crippen LogP contribution in [0.25, 0.3) is 22.3 Å². The molecule has 0 N–H and O–H groups in total. The molecule has 0 saturated heterocycles. The molecular weight excluding hydrogens is 440 g/mol. The van der Waals surface area contributed by atoms with E-state index in [0.29, 0.717) is 26.8 Å². The molecule has 3 aromatic rings. The summed E-state index contributed by atoms with van der Waals surface area (Å²) in [5, 5.41) is 0.370. The van der Waals surface area contributed by atoms with E-state index in [-0.39, 0.29) is 36.1 Å². The standard InChI is InChI=1S/C22H21BrO6/c1-13(2)11-27-19(24)12-28-22-20(25)15-6-4-5-7-17(15)29-21(22)14-8-9-18(26-3)16(23)10-14/h4-10,13H,11-12H2,1-3H3. The molecular formula is C22H21BrO6. The zero-order chi connectivity index (χ0) is 21.0. The van der Waals surface area contributed by atoms with Gasteiger partial charge in [0.25, 0.3) is 0 Å². The van der Waals surface area contributed by atoms with Crippen LogP contribution in [0.15, 0.2) is 56.1 Å². The second kappa shape index (κ2) is 9.13. The average Bonchev–Trinajstić information content (AvgIpc) is 2.71. The maximum Gasteiger partial charge on any atom is 0.344 e. The van der Waals surface area contributed by atoms with Crippen molar-refractivity contribution >= 4 is 32.9 Å². The summed E-state index contributed by atoms with van der Waals surface area (Å²) in [5.74, 6) is 0.484. The number of ether oxygens (including phenoxy) is 3. The van der Waals surface area contributed by atoms with Gasteiger partial charge >= 0.3 is 5.97 Å². The number of hydrogen-bond acceptors (Lipinski definition) is 6. The first-order valence-corrected chi connectivity index (χ1v) is 9.88. The van der Waals surface area contributed by atoms with Crippen LogP contribution in [0.4, 0.5) is 0 Å². The molecule has 6 nitrogen and oxygen atoms in total. The van der Waals surface area contributed by atoms with Gasteiger partial charge in [0.15, 0.2) is 12.4 Å². The Hall–Kier alpha value is -2.80. The van der Waals surface area contributed by atoms with E-state index in [4.69, 9.17) is 18.6 Å². The average molecular weight is 461 g/mol. The van der Waals surface area contributed by atoms with Gasteiger partial charge in [0.2, 0.25) is 11.2 Å². The highest BCUT2D eigenvalue weighted by molar-refractivity contribution is 9.10. The molecule has 0 aliphatic carbocycles. The predicted octanol–water partition coefficient (Wildman–Crippen LogP) is 4.81. The molecule has 0 unspecified atom stereocenters. The molecule has 7 heteroatoms. The second-order valence-electron chi connectivity index (χ2n) is 6.80. The van der Waals surface area contributed by atoms with Gasteiger partial charge < -0.3 is 18.6 Å². The van der Waals surface area contributed by atoms with Crippen LogP contribution in [0.3, 0.4) is 0 Å². The fourth-order valence-corrected chi connectivity index (χ4v) is 3.23. The third kappa shape index (κ3) is 4.79. The molecule has 0 amide bonds. The molecule has 0 fully saturated rings. The monoisotopic (exact) mass is 460 g/mol. The molecule has 0 aliphatic heterocycles. The summed E-state index contributed by atoms with van der Waals surface area (Å²) in [6.45, 7) is 3.77. The number of esters is 1. The highest BCUT2D eigenvalue weighted by Gasteiger charge is 2.20. The normalized spacial score (nSPS) is 10.9. The first kappa shape index (κ1) is 20.9. The van der Waals surface area contributed by atoms with E-state index >= 15 is 0 Å². The number of carbonyl (C=O) groups excluding carboxylic acids is 1. The first-order chi connectivity index (χ1) is 13.9. The molecule has 29 heavy (non-hydrogen) atoms. The van der Waals surface area contributed by atoms with Gasteiger partial charge in [-0.1, -0.05) is 26.0 Å². The van der Waals surface area contributed by atoms with Gasteiger partial charge in [-0.05, 0) is 52.2 Å². The van der Waals surface area contributed by atoms with Gasteiger partial charge in [-0.2, -0.15) is 0 Å². The van der Waals surface area contributed by atoms with Crippen molar-refractivity contribution < 1.29 is 23.4 Å². The van der Waals surface area contributed by atoms with Crippen molar-refractivity contribution in [2.75, 3.05) is 20.3 Å². The summed E-state index contributed by atoms with van der Waals surface area (Å²) in [4.78, 5) is 25.0. The Morgan fingerprint density at radius 1 is 1.17 bits per heavy atom. The topological polar surface area (TPSA) is 75.0 Å². The van der Waals surface area contributed by atoms with E-state index in [0.717, 1.165) is 0 Å². The molecule has 1 heterocycles. The van der Waals surface area contributed by atoms with Crippen LogP contribution in [0, 0.1) is 5.92 Å². The summed E-state index contributed by atoms with van der Waals surface area (Å²) in [5.41, 5.74) is 0.672. The Balaban J connectivity index is 2.03. The largest absolute Gasteiger partial charge is 0.496 e. The SMILES string of the molecule is COc1ccc(-c2oc3ccccc3c(=O)c2OCC(=O)OCC(C)C)cc1Br. The number of para-hydroxylation sites is 1. The van der Waals surface area contributed by atoms with Crippen molar-refractivity contribution in [3.8, 4) is 22.8 Å². The van der Waals surface area contributed by atoms with E-state index in [1.807, 2.05) is 13.8 Å². The minimum absolute atomic E-state index is 0.0396. The van der Waals surface area contributed by atoms with Crippen LogP contribution in [-0.4, -0.2) is 26.3 Å². The van der Waals surface area contributed by atoms with E-state index < -0.39 is 5.97 Å². The summed E-state index contributed by atoms with van der Waals surface area (Å²) in [6.07, 6.45) is 0. The number of hydrogen-bond donors (Lipinski definition) is 0.